The highest BCUT2D eigenvalue weighted by Crippen LogP contribution is 2.31. The van der Waals surface area contributed by atoms with Crippen LogP contribution in [0.5, 0.6) is 0 Å². The molecule has 1 unspecified atom stereocenters. The quantitative estimate of drug-likeness (QED) is 0.492. The van der Waals surface area contributed by atoms with Gasteiger partial charge in [0.25, 0.3) is 5.91 Å². The number of carbonyl (C=O) groups excluding carboxylic acids is 1. The third-order valence-corrected chi connectivity index (χ3v) is 9.45. The number of rotatable bonds is 6. The fraction of sp³-hybridized carbons (Fsp3) is 0.440. The minimum atomic E-state index is -3.56. The average Bonchev–Trinajstić information content (AvgIpc) is 3.44. The lowest BCUT2D eigenvalue weighted by Crippen LogP contribution is -2.37. The van der Waals surface area contributed by atoms with Crippen LogP contribution < -0.4 is 4.90 Å². The molecule has 5 rings (SSSR count). The SMILES string of the molecule is O=C(c1ccc(S(=O)(=O)N2CCCCCC2)cc1)N(CC1CCCO1)c1nc2ccccc2s1. The smallest absolute Gasteiger partial charge is 0.260 e. The van der Waals surface area contributed by atoms with E-state index in [4.69, 9.17) is 9.72 Å². The maximum Gasteiger partial charge on any atom is 0.260 e. The zero-order valence-electron chi connectivity index (χ0n) is 19.1. The van der Waals surface area contributed by atoms with E-state index in [0.29, 0.717) is 36.9 Å². The summed E-state index contributed by atoms with van der Waals surface area (Å²) in [6, 6.07) is 14.2. The number of fused-ring (bicyclic) bond motifs is 1. The van der Waals surface area contributed by atoms with E-state index in [1.54, 1.807) is 33.5 Å². The van der Waals surface area contributed by atoms with Gasteiger partial charge in [-0.25, -0.2) is 13.4 Å². The molecule has 180 valence electrons. The van der Waals surface area contributed by atoms with Crippen molar-refractivity contribution in [3.63, 3.8) is 0 Å². The van der Waals surface area contributed by atoms with E-state index in [-0.39, 0.29) is 16.9 Å². The first-order valence-corrected chi connectivity index (χ1v) is 14.2. The number of aromatic nitrogens is 1. The lowest BCUT2D eigenvalue weighted by Gasteiger charge is -2.23. The topological polar surface area (TPSA) is 79.8 Å². The van der Waals surface area contributed by atoms with Crippen molar-refractivity contribution in [1.82, 2.24) is 9.29 Å². The van der Waals surface area contributed by atoms with Crippen molar-refractivity contribution in [2.45, 2.75) is 49.5 Å². The standard InChI is InChI=1S/C25H29N3O4S2/c29-24(19-11-13-21(14-12-19)34(30,31)27-15-5-1-2-6-16-27)28(18-20-8-7-17-32-20)25-26-22-9-3-4-10-23(22)33-25/h3-4,9-14,20H,1-2,5-8,15-18H2. The number of thiazole rings is 1. The fourth-order valence-corrected chi connectivity index (χ4v) is 7.06. The first kappa shape index (κ1) is 23.4. The molecule has 2 fully saturated rings. The molecule has 2 aliphatic rings. The largest absolute Gasteiger partial charge is 0.376 e. The Bertz CT molecular complexity index is 1210. The summed E-state index contributed by atoms with van der Waals surface area (Å²) >= 11 is 1.48. The molecule has 0 aliphatic carbocycles. The molecule has 0 bridgehead atoms. The van der Waals surface area contributed by atoms with E-state index in [1.807, 2.05) is 24.3 Å². The van der Waals surface area contributed by atoms with Crippen LogP contribution in [0.2, 0.25) is 0 Å². The lowest BCUT2D eigenvalue weighted by molar-refractivity contribution is 0.0917. The predicted octanol–water partition coefficient (Wildman–Crippen LogP) is 4.69. The summed E-state index contributed by atoms with van der Waals surface area (Å²) in [5.74, 6) is -0.201. The first-order chi connectivity index (χ1) is 16.5. The van der Waals surface area contributed by atoms with Crippen molar-refractivity contribution in [3.05, 3.63) is 54.1 Å². The molecule has 2 aliphatic heterocycles. The molecule has 0 saturated carbocycles. The van der Waals surface area contributed by atoms with E-state index in [0.717, 1.165) is 48.7 Å². The van der Waals surface area contributed by atoms with Crippen LogP contribution in [0.1, 0.15) is 48.9 Å². The van der Waals surface area contributed by atoms with E-state index < -0.39 is 10.0 Å². The number of amides is 1. The summed E-state index contributed by atoms with van der Waals surface area (Å²) in [4.78, 5) is 20.2. The third kappa shape index (κ3) is 4.88. The highest BCUT2D eigenvalue weighted by Gasteiger charge is 2.29. The van der Waals surface area contributed by atoms with Gasteiger partial charge in [0.1, 0.15) is 0 Å². The van der Waals surface area contributed by atoms with Gasteiger partial charge < -0.3 is 4.74 Å². The molecule has 0 N–H and O–H groups in total. The van der Waals surface area contributed by atoms with Crippen molar-refractivity contribution in [2.24, 2.45) is 0 Å². The Kier molecular flexibility index (Phi) is 6.96. The van der Waals surface area contributed by atoms with Crippen LogP contribution in [0.15, 0.2) is 53.4 Å². The number of anilines is 1. The normalized spacial score (nSPS) is 19.8. The molecule has 3 heterocycles. The third-order valence-electron chi connectivity index (χ3n) is 6.47. The lowest BCUT2D eigenvalue weighted by atomic mass is 10.2. The maximum absolute atomic E-state index is 13.6. The number of para-hydroxylation sites is 1. The number of carbonyl (C=O) groups is 1. The van der Waals surface area contributed by atoms with Gasteiger partial charge in [-0.1, -0.05) is 36.3 Å². The van der Waals surface area contributed by atoms with Crippen molar-refractivity contribution in [2.75, 3.05) is 31.1 Å². The molecule has 0 radical (unpaired) electrons. The van der Waals surface area contributed by atoms with Gasteiger partial charge in [0.05, 0.1) is 27.8 Å². The number of sulfonamides is 1. The Hall–Kier alpha value is -2.33. The minimum Gasteiger partial charge on any atom is -0.376 e. The van der Waals surface area contributed by atoms with E-state index >= 15 is 0 Å². The second-order valence-electron chi connectivity index (χ2n) is 8.86. The van der Waals surface area contributed by atoms with Crippen LogP contribution >= 0.6 is 11.3 Å². The molecule has 2 saturated heterocycles. The number of ether oxygens (including phenoxy) is 1. The minimum absolute atomic E-state index is 0.0290. The second-order valence-corrected chi connectivity index (χ2v) is 11.8. The van der Waals surface area contributed by atoms with Gasteiger partial charge in [-0.2, -0.15) is 4.31 Å². The predicted molar refractivity (Wildman–Crippen MR) is 134 cm³/mol. The molecule has 2 aromatic carbocycles. The average molecular weight is 500 g/mol. The van der Waals surface area contributed by atoms with Crippen LogP contribution in [0.3, 0.4) is 0 Å². The summed E-state index contributed by atoms with van der Waals surface area (Å²) < 4.78 is 34.6. The number of nitrogens with zero attached hydrogens (tertiary/aromatic N) is 3. The molecular formula is C25H29N3O4S2. The Morgan fingerprint density at radius 1 is 1.03 bits per heavy atom. The van der Waals surface area contributed by atoms with E-state index in [1.165, 1.54) is 11.3 Å². The molecule has 1 atom stereocenters. The molecular weight excluding hydrogens is 470 g/mol. The number of hydrogen-bond donors (Lipinski definition) is 0. The van der Waals surface area contributed by atoms with Crippen LogP contribution in [-0.4, -0.2) is 56.0 Å². The molecule has 9 heteroatoms. The van der Waals surface area contributed by atoms with Gasteiger partial charge in [0.2, 0.25) is 10.0 Å². The van der Waals surface area contributed by atoms with E-state index in [2.05, 4.69) is 0 Å². The Balaban J connectivity index is 1.41. The molecule has 0 spiro atoms. The molecule has 1 aromatic heterocycles. The van der Waals surface area contributed by atoms with Gasteiger partial charge >= 0.3 is 0 Å². The van der Waals surface area contributed by atoms with Crippen LogP contribution in [-0.2, 0) is 14.8 Å². The first-order valence-electron chi connectivity index (χ1n) is 11.9. The van der Waals surface area contributed by atoms with Crippen LogP contribution in [0.4, 0.5) is 5.13 Å². The molecule has 34 heavy (non-hydrogen) atoms. The summed E-state index contributed by atoms with van der Waals surface area (Å²) in [6.45, 7) is 2.23. The van der Waals surface area contributed by atoms with Gasteiger partial charge in [-0.15, -0.1) is 0 Å². The van der Waals surface area contributed by atoms with Crippen molar-refractivity contribution < 1.29 is 17.9 Å². The van der Waals surface area contributed by atoms with Gasteiger partial charge in [0, 0.05) is 25.3 Å². The Morgan fingerprint density at radius 2 is 1.76 bits per heavy atom. The highest BCUT2D eigenvalue weighted by molar-refractivity contribution is 7.89. The molecule has 1 amide bonds. The van der Waals surface area contributed by atoms with Crippen molar-refractivity contribution in [1.29, 1.82) is 0 Å². The Labute approximate surface area is 204 Å². The van der Waals surface area contributed by atoms with Crippen molar-refractivity contribution in [3.8, 4) is 0 Å². The summed E-state index contributed by atoms with van der Waals surface area (Å²) in [7, 11) is -3.56. The number of hydrogen-bond acceptors (Lipinski definition) is 6. The monoisotopic (exact) mass is 499 g/mol. The van der Waals surface area contributed by atoms with Crippen LogP contribution in [0, 0.1) is 0 Å². The second kappa shape index (κ2) is 10.1. The summed E-state index contributed by atoms with van der Waals surface area (Å²) in [5, 5.41) is 0.628. The zero-order valence-corrected chi connectivity index (χ0v) is 20.7. The zero-order chi connectivity index (χ0) is 23.5. The Morgan fingerprint density at radius 3 is 2.44 bits per heavy atom. The summed E-state index contributed by atoms with van der Waals surface area (Å²) in [5.41, 5.74) is 1.29. The fourth-order valence-electron chi connectivity index (χ4n) is 4.57. The molecule has 7 nitrogen and oxygen atoms in total. The van der Waals surface area contributed by atoms with E-state index in [9.17, 15) is 13.2 Å². The van der Waals surface area contributed by atoms with Gasteiger partial charge in [-0.3, -0.25) is 9.69 Å². The maximum atomic E-state index is 13.6. The van der Waals surface area contributed by atoms with Gasteiger partial charge in [-0.05, 0) is 62.1 Å². The van der Waals surface area contributed by atoms with Crippen LogP contribution in [0.25, 0.3) is 10.2 Å². The summed E-state index contributed by atoms with van der Waals surface area (Å²) in [6.07, 6.45) is 5.75. The van der Waals surface area contributed by atoms with Gasteiger partial charge in [0.15, 0.2) is 5.13 Å². The molecule has 3 aromatic rings. The van der Waals surface area contributed by atoms with Crippen molar-refractivity contribution >= 4 is 42.6 Å². The number of benzene rings is 2. The highest BCUT2D eigenvalue weighted by atomic mass is 32.2.